The summed E-state index contributed by atoms with van der Waals surface area (Å²) in [5, 5.41) is 8.95. The van der Waals surface area contributed by atoms with Gasteiger partial charge in [0.15, 0.2) is 0 Å². The van der Waals surface area contributed by atoms with Gasteiger partial charge in [-0.05, 0) is 42.4 Å². The molecule has 2 rings (SSSR count). The molecule has 0 saturated heterocycles. The Labute approximate surface area is 112 Å². The molecule has 1 aliphatic carbocycles. The summed E-state index contributed by atoms with van der Waals surface area (Å²) in [4.78, 5) is 10.8. The fourth-order valence-corrected chi connectivity index (χ4v) is 2.76. The predicted octanol–water partition coefficient (Wildman–Crippen LogP) is 4.21. The monoisotopic (exact) mass is 320 g/mol. The minimum absolute atomic E-state index is 0.000278. The minimum atomic E-state index is -0.877. The van der Waals surface area contributed by atoms with E-state index in [4.69, 9.17) is 16.7 Å². The lowest BCUT2D eigenvalue weighted by atomic mass is 9.91. The second-order valence-electron chi connectivity index (χ2n) is 4.33. The molecule has 0 spiro atoms. The highest BCUT2D eigenvalue weighted by atomic mass is 79.9. The SMILES string of the molecule is O=C(O)CC(c1cc(Br)cc(F)c1Cl)C1CC1. The fraction of sp³-hybridized carbons (Fsp3) is 0.417. The highest BCUT2D eigenvalue weighted by Crippen LogP contribution is 2.47. The van der Waals surface area contributed by atoms with Crippen molar-refractivity contribution in [3.63, 3.8) is 0 Å². The first kappa shape index (κ1) is 12.8. The van der Waals surface area contributed by atoms with Gasteiger partial charge in [0.2, 0.25) is 0 Å². The van der Waals surface area contributed by atoms with E-state index in [0.29, 0.717) is 16.0 Å². The van der Waals surface area contributed by atoms with Crippen LogP contribution in [0.5, 0.6) is 0 Å². The second-order valence-corrected chi connectivity index (χ2v) is 5.63. The van der Waals surface area contributed by atoms with E-state index in [2.05, 4.69) is 15.9 Å². The van der Waals surface area contributed by atoms with Crippen LogP contribution in [0.1, 0.15) is 30.7 Å². The van der Waals surface area contributed by atoms with Crippen molar-refractivity contribution in [1.29, 1.82) is 0 Å². The summed E-state index contributed by atoms with van der Waals surface area (Å²) in [5.74, 6) is -1.25. The van der Waals surface area contributed by atoms with E-state index in [9.17, 15) is 9.18 Å². The van der Waals surface area contributed by atoms with Gasteiger partial charge in [-0.3, -0.25) is 4.79 Å². The van der Waals surface area contributed by atoms with Gasteiger partial charge in [-0.1, -0.05) is 27.5 Å². The van der Waals surface area contributed by atoms with Crippen molar-refractivity contribution < 1.29 is 14.3 Å². The molecule has 1 fully saturated rings. The molecule has 1 aromatic carbocycles. The molecule has 0 amide bonds. The molecule has 1 atom stereocenters. The Balaban J connectivity index is 2.38. The molecule has 1 aromatic rings. The zero-order valence-corrected chi connectivity index (χ0v) is 11.3. The maximum atomic E-state index is 13.5. The highest BCUT2D eigenvalue weighted by molar-refractivity contribution is 9.10. The number of carboxylic acid groups (broad SMARTS) is 1. The van der Waals surface area contributed by atoms with Gasteiger partial charge >= 0.3 is 5.97 Å². The molecular formula is C12H11BrClFO2. The number of hydrogen-bond donors (Lipinski definition) is 1. The van der Waals surface area contributed by atoms with Crippen molar-refractivity contribution in [1.82, 2.24) is 0 Å². The van der Waals surface area contributed by atoms with Gasteiger partial charge in [-0.2, -0.15) is 0 Å². The molecule has 0 radical (unpaired) electrons. The predicted molar refractivity (Wildman–Crippen MR) is 66.8 cm³/mol. The first-order valence-electron chi connectivity index (χ1n) is 5.35. The van der Waals surface area contributed by atoms with Crippen molar-refractivity contribution in [2.24, 2.45) is 5.92 Å². The summed E-state index contributed by atoms with van der Waals surface area (Å²) in [6, 6.07) is 3.01. The number of carbonyl (C=O) groups is 1. The van der Waals surface area contributed by atoms with Crippen LogP contribution in [0.3, 0.4) is 0 Å². The minimum Gasteiger partial charge on any atom is -0.481 e. The summed E-state index contributed by atoms with van der Waals surface area (Å²) in [6.07, 6.45) is 1.98. The molecule has 17 heavy (non-hydrogen) atoms. The Kier molecular flexibility index (Phi) is 3.73. The van der Waals surface area contributed by atoms with E-state index in [1.807, 2.05) is 0 Å². The Morgan fingerprint density at radius 1 is 1.59 bits per heavy atom. The van der Waals surface area contributed by atoms with E-state index < -0.39 is 11.8 Å². The third-order valence-electron chi connectivity index (χ3n) is 3.01. The van der Waals surface area contributed by atoms with E-state index in [1.54, 1.807) is 6.07 Å². The zero-order chi connectivity index (χ0) is 12.6. The van der Waals surface area contributed by atoms with E-state index in [-0.39, 0.29) is 17.4 Å². The lowest BCUT2D eigenvalue weighted by Gasteiger charge is -2.16. The third-order valence-corrected chi connectivity index (χ3v) is 3.86. The average molecular weight is 322 g/mol. The Hall–Kier alpha value is -0.610. The molecule has 1 aliphatic rings. The van der Waals surface area contributed by atoms with Gasteiger partial charge in [0.1, 0.15) is 5.82 Å². The Bertz CT molecular complexity index is 460. The lowest BCUT2D eigenvalue weighted by molar-refractivity contribution is -0.137. The smallest absolute Gasteiger partial charge is 0.303 e. The van der Waals surface area contributed by atoms with Crippen LogP contribution in [0.4, 0.5) is 4.39 Å². The standard InChI is InChI=1S/C12H11BrClFO2/c13-7-3-9(12(14)10(15)4-7)8(5-11(16)17)6-1-2-6/h3-4,6,8H,1-2,5H2,(H,16,17). The van der Waals surface area contributed by atoms with Crippen LogP contribution in [0, 0.1) is 11.7 Å². The highest BCUT2D eigenvalue weighted by Gasteiger charge is 2.35. The van der Waals surface area contributed by atoms with Crippen LogP contribution in [0.2, 0.25) is 5.02 Å². The average Bonchev–Trinajstić information content (AvgIpc) is 3.03. The fourth-order valence-electron chi connectivity index (χ4n) is 2.06. The number of hydrogen-bond acceptors (Lipinski definition) is 1. The van der Waals surface area contributed by atoms with Crippen molar-refractivity contribution >= 4 is 33.5 Å². The summed E-state index contributed by atoms with van der Waals surface area (Å²) in [5.41, 5.74) is 0.600. The molecule has 1 saturated carbocycles. The normalized spacial score (nSPS) is 16.9. The van der Waals surface area contributed by atoms with E-state index in [1.165, 1.54) is 6.07 Å². The zero-order valence-electron chi connectivity index (χ0n) is 8.92. The second kappa shape index (κ2) is 4.94. The van der Waals surface area contributed by atoms with Crippen LogP contribution >= 0.6 is 27.5 Å². The number of halogens is 3. The van der Waals surface area contributed by atoms with E-state index in [0.717, 1.165) is 12.8 Å². The molecular weight excluding hydrogens is 310 g/mol. The van der Waals surface area contributed by atoms with Crippen LogP contribution in [-0.4, -0.2) is 11.1 Å². The Morgan fingerprint density at radius 3 is 2.76 bits per heavy atom. The molecule has 0 aromatic heterocycles. The lowest BCUT2D eigenvalue weighted by Crippen LogP contribution is -2.09. The topological polar surface area (TPSA) is 37.3 Å². The summed E-state index contributed by atoms with van der Waals surface area (Å²) >= 11 is 9.13. The molecule has 1 unspecified atom stereocenters. The molecule has 0 bridgehead atoms. The summed E-state index contributed by atoms with van der Waals surface area (Å²) in [7, 11) is 0. The molecule has 1 N–H and O–H groups in total. The largest absolute Gasteiger partial charge is 0.481 e. The maximum Gasteiger partial charge on any atom is 0.303 e. The van der Waals surface area contributed by atoms with Crippen molar-refractivity contribution in [3.05, 3.63) is 33.0 Å². The first-order chi connectivity index (χ1) is 7.99. The number of aliphatic carboxylic acids is 1. The molecule has 0 heterocycles. The number of benzene rings is 1. The molecule has 2 nitrogen and oxygen atoms in total. The quantitative estimate of drug-likeness (QED) is 0.844. The van der Waals surface area contributed by atoms with E-state index >= 15 is 0 Å². The third kappa shape index (κ3) is 2.99. The maximum absolute atomic E-state index is 13.5. The van der Waals surface area contributed by atoms with Crippen molar-refractivity contribution in [2.75, 3.05) is 0 Å². The first-order valence-corrected chi connectivity index (χ1v) is 6.52. The van der Waals surface area contributed by atoms with Gasteiger partial charge in [0, 0.05) is 4.47 Å². The molecule has 5 heteroatoms. The molecule has 0 aliphatic heterocycles. The van der Waals surface area contributed by atoms with Crippen LogP contribution in [-0.2, 0) is 4.79 Å². The van der Waals surface area contributed by atoms with Crippen molar-refractivity contribution in [2.45, 2.75) is 25.2 Å². The number of rotatable bonds is 4. The molecule has 92 valence electrons. The van der Waals surface area contributed by atoms with Crippen LogP contribution in [0.25, 0.3) is 0 Å². The Morgan fingerprint density at radius 2 is 2.24 bits per heavy atom. The van der Waals surface area contributed by atoms with Crippen LogP contribution in [0.15, 0.2) is 16.6 Å². The van der Waals surface area contributed by atoms with Gasteiger partial charge < -0.3 is 5.11 Å². The number of carboxylic acids is 1. The van der Waals surface area contributed by atoms with Gasteiger partial charge in [0.05, 0.1) is 11.4 Å². The summed E-state index contributed by atoms with van der Waals surface area (Å²) < 4.78 is 14.1. The van der Waals surface area contributed by atoms with Gasteiger partial charge in [-0.15, -0.1) is 0 Å². The van der Waals surface area contributed by atoms with Gasteiger partial charge in [0.25, 0.3) is 0 Å². The summed E-state index contributed by atoms with van der Waals surface area (Å²) in [6.45, 7) is 0. The van der Waals surface area contributed by atoms with Gasteiger partial charge in [-0.25, -0.2) is 4.39 Å². The van der Waals surface area contributed by atoms with Crippen molar-refractivity contribution in [3.8, 4) is 0 Å². The van der Waals surface area contributed by atoms with Crippen LogP contribution < -0.4 is 0 Å².